The van der Waals surface area contributed by atoms with Crippen molar-refractivity contribution in [1.29, 1.82) is 0 Å². The Morgan fingerprint density at radius 3 is 2.56 bits per heavy atom. The highest BCUT2D eigenvalue weighted by atomic mass is 16.2. The minimum atomic E-state index is -0.354. The second-order valence-electron chi connectivity index (χ2n) is 7.20. The van der Waals surface area contributed by atoms with Gasteiger partial charge in [-0.15, -0.1) is 0 Å². The van der Waals surface area contributed by atoms with E-state index in [1.807, 2.05) is 31.7 Å². The molecule has 144 valence electrons. The van der Waals surface area contributed by atoms with Gasteiger partial charge in [-0.25, -0.2) is 4.98 Å². The maximum absolute atomic E-state index is 12.8. The maximum Gasteiger partial charge on any atom is 0.270 e. The van der Waals surface area contributed by atoms with Gasteiger partial charge in [-0.3, -0.25) is 23.7 Å². The fourth-order valence-electron chi connectivity index (χ4n) is 3.18. The van der Waals surface area contributed by atoms with Crippen molar-refractivity contribution in [3.8, 4) is 0 Å². The van der Waals surface area contributed by atoms with E-state index < -0.39 is 0 Å². The largest absolute Gasteiger partial charge is 0.353 e. The zero-order valence-electron chi connectivity index (χ0n) is 15.9. The van der Waals surface area contributed by atoms with Crippen LogP contribution < -0.4 is 10.9 Å². The van der Waals surface area contributed by atoms with Gasteiger partial charge in [0.1, 0.15) is 11.2 Å². The SMILES string of the molecule is Cc1ccc2ncc(C(=O)N3CCN(CC(=O)NC(C)C)CC3)c(=O)n2c1. The molecule has 0 spiro atoms. The molecule has 0 unspecified atom stereocenters. The van der Waals surface area contributed by atoms with E-state index in [0.29, 0.717) is 38.4 Å². The molecule has 1 saturated heterocycles. The Balaban J connectivity index is 1.68. The molecule has 3 rings (SSSR count). The van der Waals surface area contributed by atoms with E-state index in [1.54, 1.807) is 17.2 Å². The first-order valence-corrected chi connectivity index (χ1v) is 9.14. The highest BCUT2D eigenvalue weighted by Crippen LogP contribution is 2.07. The number of fused-ring (bicyclic) bond motifs is 1. The third-order valence-electron chi connectivity index (χ3n) is 4.56. The maximum atomic E-state index is 12.8. The number of carbonyl (C=O) groups is 2. The fourth-order valence-corrected chi connectivity index (χ4v) is 3.18. The van der Waals surface area contributed by atoms with Gasteiger partial charge in [0.2, 0.25) is 5.91 Å². The zero-order chi connectivity index (χ0) is 19.6. The second kappa shape index (κ2) is 7.87. The summed E-state index contributed by atoms with van der Waals surface area (Å²) in [7, 11) is 0. The van der Waals surface area contributed by atoms with Crippen LogP contribution in [-0.4, -0.2) is 69.8 Å². The summed E-state index contributed by atoms with van der Waals surface area (Å²) in [6.45, 7) is 8.19. The third kappa shape index (κ3) is 4.33. The van der Waals surface area contributed by atoms with Crippen LogP contribution in [0.2, 0.25) is 0 Å². The van der Waals surface area contributed by atoms with Crippen molar-refractivity contribution in [2.45, 2.75) is 26.8 Å². The van der Waals surface area contributed by atoms with Gasteiger partial charge in [0, 0.05) is 44.6 Å². The summed E-state index contributed by atoms with van der Waals surface area (Å²) in [5.41, 5.74) is 1.16. The number of carbonyl (C=O) groups excluding carboxylic acids is 2. The van der Waals surface area contributed by atoms with Gasteiger partial charge < -0.3 is 10.2 Å². The highest BCUT2D eigenvalue weighted by Gasteiger charge is 2.25. The molecule has 1 fully saturated rings. The molecular formula is C19H25N5O3. The van der Waals surface area contributed by atoms with E-state index in [-0.39, 0.29) is 29.0 Å². The summed E-state index contributed by atoms with van der Waals surface area (Å²) in [4.78, 5) is 45.3. The molecule has 1 N–H and O–H groups in total. The van der Waals surface area contributed by atoms with Crippen LogP contribution in [-0.2, 0) is 4.79 Å². The van der Waals surface area contributed by atoms with Gasteiger partial charge in [0.25, 0.3) is 11.5 Å². The standard InChI is InChI=1S/C19H25N5O3/c1-13(2)21-17(25)12-22-6-8-23(9-7-22)18(26)15-10-20-16-5-4-14(3)11-24(16)19(15)27/h4-5,10-11,13H,6-9,12H2,1-3H3,(H,21,25). The van der Waals surface area contributed by atoms with Crippen molar-refractivity contribution in [3.63, 3.8) is 0 Å². The molecule has 8 nitrogen and oxygen atoms in total. The van der Waals surface area contributed by atoms with Crippen LogP contribution in [0.25, 0.3) is 5.65 Å². The Kier molecular flexibility index (Phi) is 5.55. The van der Waals surface area contributed by atoms with Gasteiger partial charge in [-0.1, -0.05) is 6.07 Å². The van der Waals surface area contributed by atoms with Crippen molar-refractivity contribution in [2.75, 3.05) is 32.7 Å². The molecule has 8 heteroatoms. The van der Waals surface area contributed by atoms with Crippen molar-refractivity contribution < 1.29 is 9.59 Å². The summed E-state index contributed by atoms with van der Waals surface area (Å²) >= 11 is 0. The normalized spacial score (nSPS) is 15.3. The summed E-state index contributed by atoms with van der Waals surface area (Å²) in [5, 5.41) is 2.87. The van der Waals surface area contributed by atoms with Crippen LogP contribution in [0.3, 0.4) is 0 Å². The van der Waals surface area contributed by atoms with Crippen LogP contribution in [0.1, 0.15) is 29.8 Å². The number of piperazine rings is 1. The average molecular weight is 371 g/mol. The number of nitrogens with one attached hydrogen (secondary N) is 1. The fraction of sp³-hybridized carbons (Fsp3) is 0.474. The molecular weight excluding hydrogens is 346 g/mol. The third-order valence-corrected chi connectivity index (χ3v) is 4.56. The summed E-state index contributed by atoms with van der Waals surface area (Å²) in [6, 6.07) is 3.74. The second-order valence-corrected chi connectivity index (χ2v) is 7.20. The predicted molar refractivity (Wildman–Crippen MR) is 102 cm³/mol. The van der Waals surface area contributed by atoms with Gasteiger partial charge in [-0.05, 0) is 32.4 Å². The topological polar surface area (TPSA) is 87.0 Å². The minimum absolute atomic E-state index is 0.0166. The van der Waals surface area contributed by atoms with Crippen molar-refractivity contribution >= 4 is 17.5 Å². The first-order chi connectivity index (χ1) is 12.8. The van der Waals surface area contributed by atoms with E-state index in [0.717, 1.165) is 5.56 Å². The number of hydrogen-bond donors (Lipinski definition) is 1. The van der Waals surface area contributed by atoms with Crippen LogP contribution in [0.4, 0.5) is 0 Å². The average Bonchev–Trinajstić information content (AvgIpc) is 2.62. The Morgan fingerprint density at radius 2 is 1.89 bits per heavy atom. The van der Waals surface area contributed by atoms with Gasteiger partial charge >= 0.3 is 0 Å². The van der Waals surface area contributed by atoms with Crippen LogP contribution in [0, 0.1) is 6.92 Å². The number of pyridine rings is 1. The molecule has 0 atom stereocenters. The molecule has 2 aromatic rings. The number of rotatable bonds is 4. The van der Waals surface area contributed by atoms with E-state index in [9.17, 15) is 14.4 Å². The molecule has 2 amide bonds. The number of hydrogen-bond acceptors (Lipinski definition) is 5. The first-order valence-electron chi connectivity index (χ1n) is 9.14. The lowest BCUT2D eigenvalue weighted by atomic mass is 10.2. The minimum Gasteiger partial charge on any atom is -0.353 e. The Hall–Kier alpha value is -2.74. The smallest absolute Gasteiger partial charge is 0.270 e. The predicted octanol–water partition coefficient (Wildman–Crippen LogP) is 0.285. The number of aromatic nitrogens is 2. The molecule has 0 bridgehead atoms. The van der Waals surface area contributed by atoms with Crippen molar-refractivity contribution in [1.82, 2.24) is 24.5 Å². The van der Waals surface area contributed by atoms with Gasteiger partial charge in [-0.2, -0.15) is 0 Å². The van der Waals surface area contributed by atoms with Crippen LogP contribution in [0.5, 0.6) is 0 Å². The Morgan fingerprint density at radius 1 is 1.19 bits per heavy atom. The molecule has 0 aliphatic carbocycles. The van der Waals surface area contributed by atoms with Crippen molar-refractivity contribution in [2.24, 2.45) is 0 Å². The van der Waals surface area contributed by atoms with E-state index in [1.165, 1.54) is 10.6 Å². The molecule has 0 saturated carbocycles. The molecule has 3 heterocycles. The summed E-state index contributed by atoms with van der Waals surface area (Å²) < 4.78 is 1.41. The highest BCUT2D eigenvalue weighted by molar-refractivity contribution is 5.93. The Labute approximate surface area is 157 Å². The molecule has 27 heavy (non-hydrogen) atoms. The lowest BCUT2D eigenvalue weighted by molar-refractivity contribution is -0.123. The number of aryl methyl sites for hydroxylation is 1. The van der Waals surface area contributed by atoms with E-state index in [4.69, 9.17) is 0 Å². The van der Waals surface area contributed by atoms with Crippen LogP contribution >= 0.6 is 0 Å². The van der Waals surface area contributed by atoms with E-state index >= 15 is 0 Å². The van der Waals surface area contributed by atoms with E-state index in [2.05, 4.69) is 10.3 Å². The first kappa shape index (κ1) is 19.0. The lowest BCUT2D eigenvalue weighted by Crippen LogP contribution is -2.52. The van der Waals surface area contributed by atoms with Gasteiger partial charge in [0.05, 0.1) is 6.54 Å². The summed E-state index contributed by atoms with van der Waals surface area (Å²) in [6.07, 6.45) is 3.05. The lowest BCUT2D eigenvalue weighted by Gasteiger charge is -2.34. The number of nitrogens with zero attached hydrogens (tertiary/aromatic N) is 4. The quantitative estimate of drug-likeness (QED) is 0.835. The monoisotopic (exact) mass is 371 g/mol. The zero-order valence-corrected chi connectivity index (χ0v) is 15.9. The van der Waals surface area contributed by atoms with Crippen LogP contribution in [0.15, 0.2) is 29.3 Å². The summed E-state index contributed by atoms with van der Waals surface area (Å²) in [5.74, 6) is -0.327. The Bertz CT molecular complexity index is 913. The number of amides is 2. The molecule has 1 aliphatic heterocycles. The molecule has 2 aromatic heterocycles. The molecule has 0 radical (unpaired) electrons. The molecule has 1 aliphatic rings. The van der Waals surface area contributed by atoms with Gasteiger partial charge in [0.15, 0.2) is 0 Å². The molecule has 0 aromatic carbocycles. The van der Waals surface area contributed by atoms with Crippen molar-refractivity contribution in [3.05, 3.63) is 46.0 Å².